The SMILES string of the molecule is Cc1nc(Oc2ccc(N3CCN(C(=O)OC(C)(C)C)CC3)c3ccccc23)c(-c2ccnc(N[C@H]3C[C@H](F)CN(C(=O)OC(C)(C)C)C3)n2)s1. The van der Waals surface area contributed by atoms with Crippen LogP contribution in [0, 0.1) is 6.92 Å². The van der Waals surface area contributed by atoms with Crippen LogP contribution in [0.25, 0.3) is 21.3 Å². The molecule has 0 bridgehead atoms. The first-order valence-corrected chi connectivity index (χ1v) is 18.1. The van der Waals surface area contributed by atoms with E-state index < -0.39 is 29.5 Å². The van der Waals surface area contributed by atoms with Crippen LogP contribution < -0.4 is 15.0 Å². The molecule has 1 N–H and O–H groups in total. The van der Waals surface area contributed by atoms with Gasteiger partial charge < -0.3 is 34.2 Å². The normalized spacial score (nSPS) is 18.5. The zero-order valence-electron chi connectivity index (χ0n) is 30.2. The highest BCUT2D eigenvalue weighted by molar-refractivity contribution is 7.15. The van der Waals surface area contributed by atoms with Gasteiger partial charge in [-0.1, -0.05) is 24.3 Å². The molecule has 0 unspecified atom stereocenters. The summed E-state index contributed by atoms with van der Waals surface area (Å²) in [5.74, 6) is 1.39. The number of ether oxygens (including phenoxy) is 3. The quantitative estimate of drug-likeness (QED) is 0.212. The van der Waals surface area contributed by atoms with E-state index in [-0.39, 0.29) is 25.6 Å². The summed E-state index contributed by atoms with van der Waals surface area (Å²) in [4.78, 5) is 45.3. The number of rotatable bonds is 6. The molecular formula is C37H46FN7O5S. The van der Waals surface area contributed by atoms with Gasteiger partial charge in [-0.05, 0) is 66.7 Å². The maximum atomic E-state index is 14.7. The van der Waals surface area contributed by atoms with Gasteiger partial charge in [0.2, 0.25) is 11.8 Å². The minimum Gasteiger partial charge on any atom is -0.444 e. The van der Waals surface area contributed by atoms with Crippen molar-refractivity contribution in [1.82, 2.24) is 24.8 Å². The summed E-state index contributed by atoms with van der Waals surface area (Å²) < 4.78 is 32.3. The Bertz CT molecular complexity index is 1880. The number of alkyl halides is 1. The third-order valence-corrected chi connectivity index (χ3v) is 9.29. The average Bonchev–Trinajstić information content (AvgIpc) is 3.43. The van der Waals surface area contributed by atoms with E-state index in [9.17, 15) is 14.0 Å². The molecule has 0 aliphatic carbocycles. The first-order chi connectivity index (χ1) is 24.1. The smallest absolute Gasteiger partial charge is 0.410 e. The number of likely N-dealkylation sites (tertiary alicyclic amines) is 1. The number of hydrogen-bond donors (Lipinski definition) is 1. The van der Waals surface area contributed by atoms with Crippen molar-refractivity contribution in [3.8, 4) is 22.2 Å². The van der Waals surface area contributed by atoms with Gasteiger partial charge in [-0.2, -0.15) is 0 Å². The number of amides is 2. The van der Waals surface area contributed by atoms with Gasteiger partial charge in [-0.3, -0.25) is 0 Å². The van der Waals surface area contributed by atoms with E-state index in [0.717, 1.165) is 26.3 Å². The van der Waals surface area contributed by atoms with Crippen LogP contribution in [-0.2, 0) is 9.47 Å². The number of thiazole rings is 1. The molecule has 2 aromatic heterocycles. The molecule has 272 valence electrons. The summed E-state index contributed by atoms with van der Waals surface area (Å²) >= 11 is 1.45. The van der Waals surface area contributed by atoms with E-state index in [0.29, 0.717) is 49.5 Å². The fourth-order valence-corrected chi connectivity index (χ4v) is 6.99. The number of benzene rings is 2. The Hall–Kier alpha value is -4.72. The Balaban J connectivity index is 1.18. The van der Waals surface area contributed by atoms with Gasteiger partial charge >= 0.3 is 12.2 Å². The molecule has 2 amide bonds. The lowest BCUT2D eigenvalue weighted by molar-refractivity contribution is 0.0123. The lowest BCUT2D eigenvalue weighted by atomic mass is 10.0. The predicted molar refractivity (Wildman–Crippen MR) is 197 cm³/mol. The lowest BCUT2D eigenvalue weighted by Crippen LogP contribution is -2.51. The molecule has 12 nitrogen and oxygen atoms in total. The van der Waals surface area contributed by atoms with Crippen molar-refractivity contribution >= 4 is 45.9 Å². The summed E-state index contributed by atoms with van der Waals surface area (Å²) in [5, 5.41) is 5.99. The van der Waals surface area contributed by atoms with Crippen molar-refractivity contribution in [2.75, 3.05) is 49.5 Å². The molecule has 0 radical (unpaired) electrons. The fourth-order valence-electron chi connectivity index (χ4n) is 6.17. The average molecular weight is 720 g/mol. The molecule has 0 saturated carbocycles. The van der Waals surface area contributed by atoms with Crippen molar-refractivity contribution in [1.29, 1.82) is 0 Å². The van der Waals surface area contributed by atoms with Gasteiger partial charge in [-0.15, -0.1) is 11.3 Å². The van der Waals surface area contributed by atoms with Gasteiger partial charge in [0.05, 0.1) is 17.2 Å². The van der Waals surface area contributed by atoms with Gasteiger partial charge in [0.25, 0.3) is 0 Å². The largest absolute Gasteiger partial charge is 0.444 e. The van der Waals surface area contributed by atoms with Crippen molar-refractivity contribution in [3.05, 3.63) is 53.7 Å². The maximum absolute atomic E-state index is 14.7. The highest BCUT2D eigenvalue weighted by atomic mass is 32.1. The molecule has 51 heavy (non-hydrogen) atoms. The molecule has 6 rings (SSSR count). The predicted octanol–water partition coefficient (Wildman–Crippen LogP) is 7.67. The van der Waals surface area contributed by atoms with Crippen LogP contribution in [0.2, 0.25) is 0 Å². The Morgan fingerprint density at radius 1 is 0.863 bits per heavy atom. The monoisotopic (exact) mass is 719 g/mol. The van der Waals surface area contributed by atoms with Gasteiger partial charge in [0, 0.05) is 67.8 Å². The summed E-state index contributed by atoms with van der Waals surface area (Å²) in [7, 11) is 0. The third kappa shape index (κ3) is 8.96. The van der Waals surface area contributed by atoms with E-state index >= 15 is 0 Å². The first-order valence-electron chi connectivity index (χ1n) is 17.2. The Morgan fingerprint density at radius 3 is 2.22 bits per heavy atom. The van der Waals surface area contributed by atoms with Gasteiger partial charge in [0.1, 0.15) is 28.0 Å². The van der Waals surface area contributed by atoms with Crippen molar-refractivity contribution in [2.24, 2.45) is 0 Å². The number of aryl methyl sites for hydroxylation is 1. The molecule has 0 spiro atoms. The third-order valence-electron chi connectivity index (χ3n) is 8.32. The highest BCUT2D eigenvalue weighted by Crippen LogP contribution is 2.41. The van der Waals surface area contributed by atoms with Crippen LogP contribution in [0.5, 0.6) is 11.6 Å². The Labute approximate surface area is 301 Å². The second-order valence-electron chi connectivity index (χ2n) is 14.9. The Morgan fingerprint density at radius 2 is 1.53 bits per heavy atom. The first kappa shape index (κ1) is 36.1. The van der Waals surface area contributed by atoms with Crippen LogP contribution >= 0.6 is 11.3 Å². The van der Waals surface area contributed by atoms with E-state index in [1.165, 1.54) is 16.2 Å². The van der Waals surface area contributed by atoms with Gasteiger partial charge in [-0.25, -0.2) is 28.9 Å². The van der Waals surface area contributed by atoms with E-state index in [1.54, 1.807) is 37.9 Å². The minimum atomic E-state index is -1.21. The van der Waals surface area contributed by atoms with E-state index in [2.05, 4.69) is 27.3 Å². The number of carbonyl (C=O) groups is 2. The number of piperidine rings is 1. The number of halogens is 1. The number of anilines is 2. The molecule has 2 aromatic carbocycles. The summed E-state index contributed by atoms with van der Waals surface area (Å²) in [5.41, 5.74) is 0.451. The molecular weight excluding hydrogens is 674 g/mol. The number of aromatic nitrogens is 3. The number of fused-ring (bicyclic) bond motifs is 1. The number of nitrogens with one attached hydrogen (secondary N) is 1. The Kier molecular flexibility index (Phi) is 10.3. The standard InChI is InChI=1S/C37H46FN7O5S/c1-23-40-32(31(51-23)28-14-15-39-33(42-28)41-25-20-24(38)21-45(22-25)35(47)50-37(5,6)7)48-30-13-12-29(26-10-8-9-11-27(26)30)43-16-18-44(19-17-43)34(46)49-36(2,3)4/h8-15,24-25H,16-22H2,1-7H3,(H,39,41,42)/t24-,25-/m0/s1. The van der Waals surface area contributed by atoms with E-state index in [4.69, 9.17) is 24.2 Å². The zero-order chi connectivity index (χ0) is 36.5. The molecule has 2 aliphatic rings. The van der Waals surface area contributed by atoms with Crippen LogP contribution in [-0.4, -0.2) is 99.6 Å². The second-order valence-corrected chi connectivity index (χ2v) is 16.1. The molecule has 4 aromatic rings. The summed E-state index contributed by atoms with van der Waals surface area (Å²) in [6, 6.07) is 13.5. The molecule has 4 heterocycles. The van der Waals surface area contributed by atoms with Crippen LogP contribution in [0.3, 0.4) is 0 Å². The minimum absolute atomic E-state index is 0.0186. The maximum Gasteiger partial charge on any atom is 0.410 e. The number of nitrogens with zero attached hydrogens (tertiary/aromatic N) is 6. The topological polar surface area (TPSA) is 122 Å². The van der Waals surface area contributed by atoms with Crippen LogP contribution in [0.1, 0.15) is 53.0 Å². The van der Waals surface area contributed by atoms with E-state index in [1.807, 2.05) is 52.0 Å². The van der Waals surface area contributed by atoms with Crippen LogP contribution in [0.4, 0.5) is 25.6 Å². The molecule has 2 saturated heterocycles. The van der Waals surface area contributed by atoms with Crippen molar-refractivity contribution < 1.29 is 28.2 Å². The number of hydrogen-bond acceptors (Lipinski definition) is 11. The van der Waals surface area contributed by atoms with Crippen LogP contribution in [0.15, 0.2) is 48.7 Å². The summed E-state index contributed by atoms with van der Waals surface area (Å²) in [6.45, 7) is 15.6. The molecule has 14 heteroatoms. The lowest BCUT2D eigenvalue weighted by Gasteiger charge is -2.37. The second kappa shape index (κ2) is 14.5. The molecule has 2 atom stereocenters. The number of carbonyl (C=O) groups excluding carboxylic acids is 2. The molecule has 2 fully saturated rings. The zero-order valence-corrected chi connectivity index (χ0v) is 31.1. The molecule has 2 aliphatic heterocycles. The highest BCUT2D eigenvalue weighted by Gasteiger charge is 2.33. The van der Waals surface area contributed by atoms with Crippen molar-refractivity contribution in [2.45, 2.75) is 78.3 Å². The fraction of sp³-hybridized carbons (Fsp3) is 0.486. The summed E-state index contributed by atoms with van der Waals surface area (Å²) in [6.07, 6.45) is -0.196. The van der Waals surface area contributed by atoms with Crippen molar-refractivity contribution in [3.63, 3.8) is 0 Å². The van der Waals surface area contributed by atoms with Gasteiger partial charge in [0.15, 0.2) is 0 Å². The number of piperazine rings is 1.